The SMILES string of the molecule is CC(C)(C)n1ncc2c1CCC[C@@H]2NC(=O)Cc1cccs1. The van der Waals surface area contributed by atoms with Gasteiger partial charge in [-0.2, -0.15) is 5.10 Å². The highest BCUT2D eigenvalue weighted by molar-refractivity contribution is 7.10. The summed E-state index contributed by atoms with van der Waals surface area (Å²) in [7, 11) is 0. The third-order valence-electron chi connectivity index (χ3n) is 4.07. The molecule has 0 radical (unpaired) electrons. The average Bonchev–Trinajstić information content (AvgIpc) is 3.06. The van der Waals surface area contributed by atoms with Crippen molar-refractivity contribution in [3.63, 3.8) is 0 Å². The summed E-state index contributed by atoms with van der Waals surface area (Å²) < 4.78 is 2.11. The summed E-state index contributed by atoms with van der Waals surface area (Å²) >= 11 is 1.63. The standard InChI is InChI=1S/C17H23N3OS/c1-17(2,3)20-15-8-4-7-14(13(15)11-18-20)19-16(21)10-12-6-5-9-22-12/h5-6,9,11,14H,4,7-8,10H2,1-3H3,(H,19,21)/t14-/m0/s1. The molecule has 2 aromatic heterocycles. The van der Waals surface area contributed by atoms with Crippen LogP contribution in [0.15, 0.2) is 23.7 Å². The van der Waals surface area contributed by atoms with Gasteiger partial charge in [0.25, 0.3) is 0 Å². The molecule has 0 fully saturated rings. The zero-order valence-corrected chi connectivity index (χ0v) is 14.2. The van der Waals surface area contributed by atoms with Crippen molar-refractivity contribution in [2.75, 3.05) is 0 Å². The minimum Gasteiger partial charge on any atom is -0.349 e. The summed E-state index contributed by atoms with van der Waals surface area (Å²) in [5.41, 5.74) is 2.46. The Labute approximate surface area is 135 Å². The van der Waals surface area contributed by atoms with Crippen molar-refractivity contribution in [1.29, 1.82) is 0 Å². The molecule has 0 saturated heterocycles. The van der Waals surface area contributed by atoms with Crippen LogP contribution < -0.4 is 5.32 Å². The van der Waals surface area contributed by atoms with Gasteiger partial charge < -0.3 is 5.32 Å². The first-order valence-electron chi connectivity index (χ1n) is 7.84. The van der Waals surface area contributed by atoms with E-state index in [1.54, 1.807) is 11.3 Å². The highest BCUT2D eigenvalue weighted by atomic mass is 32.1. The van der Waals surface area contributed by atoms with Gasteiger partial charge in [-0.05, 0) is 51.5 Å². The van der Waals surface area contributed by atoms with Crippen LogP contribution in [0.4, 0.5) is 0 Å². The molecule has 0 saturated carbocycles. The molecule has 1 atom stereocenters. The topological polar surface area (TPSA) is 46.9 Å². The summed E-state index contributed by atoms with van der Waals surface area (Å²) in [6.07, 6.45) is 5.55. The van der Waals surface area contributed by atoms with Crippen LogP contribution in [0.5, 0.6) is 0 Å². The first-order valence-corrected chi connectivity index (χ1v) is 8.72. The van der Waals surface area contributed by atoms with E-state index in [2.05, 4.69) is 35.9 Å². The molecule has 118 valence electrons. The van der Waals surface area contributed by atoms with Crippen molar-refractivity contribution >= 4 is 17.2 Å². The maximum Gasteiger partial charge on any atom is 0.225 e. The van der Waals surface area contributed by atoms with Crippen LogP contribution in [-0.2, 0) is 23.2 Å². The van der Waals surface area contributed by atoms with Gasteiger partial charge in [-0.15, -0.1) is 11.3 Å². The number of hydrogen-bond donors (Lipinski definition) is 1. The molecule has 1 aliphatic carbocycles. The average molecular weight is 317 g/mol. The van der Waals surface area contributed by atoms with Gasteiger partial charge in [0.2, 0.25) is 5.91 Å². The third kappa shape index (κ3) is 3.09. The van der Waals surface area contributed by atoms with Gasteiger partial charge in [-0.3, -0.25) is 9.48 Å². The number of rotatable bonds is 3. The van der Waals surface area contributed by atoms with E-state index in [4.69, 9.17) is 0 Å². The lowest BCUT2D eigenvalue weighted by Gasteiger charge is -2.28. The van der Waals surface area contributed by atoms with Gasteiger partial charge in [0.05, 0.1) is 24.2 Å². The molecule has 0 unspecified atom stereocenters. The fourth-order valence-corrected chi connectivity index (χ4v) is 3.81. The first-order chi connectivity index (χ1) is 10.4. The van der Waals surface area contributed by atoms with Crippen LogP contribution in [0.2, 0.25) is 0 Å². The van der Waals surface area contributed by atoms with Gasteiger partial charge in [0, 0.05) is 16.1 Å². The summed E-state index contributed by atoms with van der Waals surface area (Å²) in [6.45, 7) is 6.50. The highest BCUT2D eigenvalue weighted by Crippen LogP contribution is 2.32. The van der Waals surface area contributed by atoms with Crippen molar-refractivity contribution < 1.29 is 4.79 Å². The van der Waals surface area contributed by atoms with Crippen LogP contribution in [0.1, 0.15) is 55.8 Å². The van der Waals surface area contributed by atoms with E-state index in [9.17, 15) is 4.79 Å². The smallest absolute Gasteiger partial charge is 0.225 e. The quantitative estimate of drug-likeness (QED) is 0.942. The van der Waals surface area contributed by atoms with Crippen molar-refractivity contribution in [1.82, 2.24) is 15.1 Å². The normalized spacial score (nSPS) is 18.0. The molecule has 0 spiro atoms. The molecule has 0 aliphatic heterocycles. The number of hydrogen-bond acceptors (Lipinski definition) is 3. The molecule has 0 bridgehead atoms. The van der Waals surface area contributed by atoms with Crippen molar-refractivity contribution in [3.8, 4) is 0 Å². The second-order valence-corrected chi connectivity index (χ2v) is 7.93. The third-order valence-corrected chi connectivity index (χ3v) is 4.94. The summed E-state index contributed by atoms with van der Waals surface area (Å²) in [5, 5.41) is 9.77. The van der Waals surface area contributed by atoms with E-state index in [0.29, 0.717) is 6.42 Å². The fourth-order valence-electron chi connectivity index (χ4n) is 3.10. The number of aromatic nitrogens is 2. The van der Waals surface area contributed by atoms with E-state index >= 15 is 0 Å². The maximum atomic E-state index is 12.3. The highest BCUT2D eigenvalue weighted by Gasteiger charge is 2.28. The summed E-state index contributed by atoms with van der Waals surface area (Å²) in [6, 6.07) is 4.10. The van der Waals surface area contributed by atoms with Crippen LogP contribution in [0.3, 0.4) is 0 Å². The second kappa shape index (κ2) is 5.88. The first kappa shape index (κ1) is 15.3. The Kier molecular flexibility index (Phi) is 4.08. The molecule has 4 nitrogen and oxygen atoms in total. The molecule has 1 amide bonds. The lowest BCUT2D eigenvalue weighted by atomic mass is 9.92. The van der Waals surface area contributed by atoms with E-state index in [0.717, 1.165) is 24.1 Å². The Morgan fingerprint density at radius 3 is 3.00 bits per heavy atom. The van der Waals surface area contributed by atoms with Gasteiger partial charge in [-0.25, -0.2) is 0 Å². The predicted molar refractivity (Wildman–Crippen MR) is 89.1 cm³/mol. The predicted octanol–water partition coefficient (Wildman–Crippen LogP) is 3.44. The second-order valence-electron chi connectivity index (χ2n) is 6.90. The Morgan fingerprint density at radius 1 is 1.50 bits per heavy atom. The molecular formula is C17H23N3OS. The zero-order chi connectivity index (χ0) is 15.7. The maximum absolute atomic E-state index is 12.3. The number of fused-ring (bicyclic) bond motifs is 1. The molecular weight excluding hydrogens is 294 g/mol. The van der Waals surface area contributed by atoms with Crippen LogP contribution >= 0.6 is 11.3 Å². The molecule has 22 heavy (non-hydrogen) atoms. The van der Waals surface area contributed by atoms with E-state index in [1.807, 2.05) is 23.7 Å². The van der Waals surface area contributed by atoms with Gasteiger partial charge >= 0.3 is 0 Å². The van der Waals surface area contributed by atoms with Crippen molar-refractivity contribution in [2.45, 2.75) is 58.0 Å². The molecule has 5 heteroatoms. The van der Waals surface area contributed by atoms with E-state index in [1.165, 1.54) is 11.3 Å². The minimum atomic E-state index is -0.0174. The van der Waals surface area contributed by atoms with Gasteiger partial charge in [0.1, 0.15) is 0 Å². The monoisotopic (exact) mass is 317 g/mol. The summed E-state index contributed by atoms with van der Waals surface area (Å²) in [4.78, 5) is 13.4. The minimum absolute atomic E-state index is 0.0174. The van der Waals surface area contributed by atoms with Crippen LogP contribution in [0, 0.1) is 0 Å². The number of nitrogens with zero attached hydrogens (tertiary/aromatic N) is 2. The molecule has 2 heterocycles. The van der Waals surface area contributed by atoms with Crippen molar-refractivity contribution in [3.05, 3.63) is 39.8 Å². The number of amides is 1. The fraction of sp³-hybridized carbons (Fsp3) is 0.529. The number of thiophene rings is 1. The molecule has 2 aromatic rings. The Bertz CT molecular complexity index is 652. The molecule has 1 N–H and O–H groups in total. The summed E-state index contributed by atoms with van der Waals surface area (Å²) in [5.74, 6) is 0.101. The molecule has 3 rings (SSSR count). The Balaban J connectivity index is 1.75. The Hall–Kier alpha value is -1.62. The largest absolute Gasteiger partial charge is 0.349 e. The number of nitrogens with one attached hydrogen (secondary N) is 1. The van der Waals surface area contributed by atoms with Crippen LogP contribution in [0.25, 0.3) is 0 Å². The molecule has 1 aliphatic rings. The lowest BCUT2D eigenvalue weighted by Crippen LogP contribution is -2.33. The van der Waals surface area contributed by atoms with E-state index in [-0.39, 0.29) is 17.5 Å². The van der Waals surface area contributed by atoms with Crippen molar-refractivity contribution in [2.24, 2.45) is 0 Å². The number of carbonyl (C=O) groups is 1. The number of carbonyl (C=O) groups excluding carboxylic acids is 1. The zero-order valence-electron chi connectivity index (χ0n) is 13.4. The van der Waals surface area contributed by atoms with Gasteiger partial charge in [0.15, 0.2) is 0 Å². The Morgan fingerprint density at radius 2 is 2.32 bits per heavy atom. The van der Waals surface area contributed by atoms with E-state index < -0.39 is 0 Å². The molecule has 0 aromatic carbocycles. The van der Waals surface area contributed by atoms with Gasteiger partial charge in [-0.1, -0.05) is 6.07 Å². The van der Waals surface area contributed by atoms with Crippen LogP contribution in [-0.4, -0.2) is 15.7 Å². The lowest BCUT2D eigenvalue weighted by molar-refractivity contribution is -0.121.